The summed E-state index contributed by atoms with van der Waals surface area (Å²) in [7, 11) is 0. The molecular formula is C21H24BrNO3. The number of nitrogens with one attached hydrogen (secondary N) is 1. The van der Waals surface area contributed by atoms with Crippen LogP contribution in [0.1, 0.15) is 38.2 Å². The van der Waals surface area contributed by atoms with Gasteiger partial charge in [-0.25, -0.2) is 0 Å². The number of halogens is 1. The zero-order valence-electron chi connectivity index (χ0n) is 15.0. The average Bonchev–Trinajstić information content (AvgIpc) is 3.15. The normalized spacial score (nSPS) is 14.2. The summed E-state index contributed by atoms with van der Waals surface area (Å²) in [4.78, 5) is 12.1. The minimum absolute atomic E-state index is 0.0373. The van der Waals surface area contributed by atoms with Gasteiger partial charge in [-0.05, 0) is 90.0 Å². The third-order valence-corrected chi connectivity index (χ3v) is 5.13. The monoisotopic (exact) mass is 417 g/mol. The largest absolute Gasteiger partial charge is 0.490 e. The Morgan fingerprint density at radius 3 is 2.54 bits per heavy atom. The SMILES string of the molecule is CCc1ccc(OCC(=O)Nc2ccc(OC3CCCC3)cc2)c(Br)c1. The van der Waals surface area contributed by atoms with Crippen LogP contribution in [0.4, 0.5) is 5.69 Å². The fraction of sp³-hybridized carbons (Fsp3) is 0.381. The number of amides is 1. The first-order valence-corrected chi connectivity index (χ1v) is 9.91. The number of hydrogen-bond acceptors (Lipinski definition) is 3. The number of rotatable bonds is 7. The molecule has 1 aliphatic rings. The standard InChI is InChI=1S/C21H24BrNO3/c1-2-15-7-12-20(19(22)13-15)25-14-21(24)23-16-8-10-18(11-9-16)26-17-5-3-4-6-17/h7-13,17H,2-6,14H2,1H3,(H,23,24). The summed E-state index contributed by atoms with van der Waals surface area (Å²) < 4.78 is 12.4. The zero-order valence-corrected chi connectivity index (χ0v) is 16.6. The van der Waals surface area contributed by atoms with Crippen LogP contribution in [-0.4, -0.2) is 18.6 Å². The van der Waals surface area contributed by atoms with E-state index >= 15 is 0 Å². The van der Waals surface area contributed by atoms with Crippen LogP contribution in [0.25, 0.3) is 0 Å². The molecule has 0 radical (unpaired) electrons. The van der Waals surface area contributed by atoms with Crippen LogP contribution in [0.5, 0.6) is 11.5 Å². The molecule has 26 heavy (non-hydrogen) atoms. The third kappa shape index (κ3) is 5.24. The molecule has 0 spiro atoms. The smallest absolute Gasteiger partial charge is 0.262 e. The Balaban J connectivity index is 1.48. The Morgan fingerprint density at radius 1 is 1.15 bits per heavy atom. The van der Waals surface area contributed by atoms with E-state index in [9.17, 15) is 4.79 Å². The second kappa shape index (κ2) is 9.08. The summed E-state index contributed by atoms with van der Waals surface area (Å²) >= 11 is 3.48. The van der Waals surface area contributed by atoms with Crippen molar-refractivity contribution >= 4 is 27.5 Å². The zero-order chi connectivity index (χ0) is 18.4. The number of benzene rings is 2. The van der Waals surface area contributed by atoms with Crippen molar-refractivity contribution in [2.45, 2.75) is 45.1 Å². The number of carbonyl (C=O) groups excluding carboxylic acids is 1. The summed E-state index contributed by atoms with van der Waals surface area (Å²) in [6, 6.07) is 13.4. The lowest BCUT2D eigenvalue weighted by molar-refractivity contribution is -0.118. The molecule has 1 N–H and O–H groups in total. The summed E-state index contributed by atoms with van der Waals surface area (Å²) in [6.07, 6.45) is 6.04. The minimum atomic E-state index is -0.194. The highest BCUT2D eigenvalue weighted by Gasteiger charge is 2.16. The van der Waals surface area contributed by atoms with Gasteiger partial charge in [0.05, 0.1) is 10.6 Å². The molecular weight excluding hydrogens is 394 g/mol. The van der Waals surface area contributed by atoms with Gasteiger partial charge in [-0.3, -0.25) is 4.79 Å². The molecule has 5 heteroatoms. The van der Waals surface area contributed by atoms with Gasteiger partial charge in [-0.15, -0.1) is 0 Å². The highest BCUT2D eigenvalue weighted by molar-refractivity contribution is 9.10. The molecule has 2 aromatic carbocycles. The lowest BCUT2D eigenvalue weighted by Gasteiger charge is -2.13. The Kier molecular flexibility index (Phi) is 6.56. The van der Waals surface area contributed by atoms with Crippen LogP contribution in [0.3, 0.4) is 0 Å². The maximum absolute atomic E-state index is 12.1. The lowest BCUT2D eigenvalue weighted by atomic mass is 10.2. The molecule has 0 aliphatic heterocycles. The molecule has 0 unspecified atom stereocenters. The summed E-state index contributed by atoms with van der Waals surface area (Å²) in [5.74, 6) is 1.32. The fourth-order valence-electron chi connectivity index (χ4n) is 3.04. The number of hydrogen-bond donors (Lipinski definition) is 1. The molecule has 3 rings (SSSR count). The van der Waals surface area contributed by atoms with E-state index in [0.29, 0.717) is 11.9 Å². The van der Waals surface area contributed by atoms with Crippen molar-refractivity contribution in [3.05, 3.63) is 52.5 Å². The molecule has 1 saturated carbocycles. The molecule has 0 bridgehead atoms. The van der Waals surface area contributed by atoms with Gasteiger partial charge in [0.2, 0.25) is 0 Å². The first-order valence-electron chi connectivity index (χ1n) is 9.12. The topological polar surface area (TPSA) is 47.6 Å². The predicted molar refractivity (Wildman–Crippen MR) is 107 cm³/mol. The van der Waals surface area contributed by atoms with E-state index in [1.165, 1.54) is 18.4 Å². The Morgan fingerprint density at radius 2 is 1.88 bits per heavy atom. The van der Waals surface area contributed by atoms with Crippen LogP contribution >= 0.6 is 15.9 Å². The minimum Gasteiger partial charge on any atom is -0.490 e. The van der Waals surface area contributed by atoms with Crippen molar-refractivity contribution in [1.82, 2.24) is 0 Å². The molecule has 1 amide bonds. The number of ether oxygens (including phenoxy) is 2. The van der Waals surface area contributed by atoms with Crippen molar-refractivity contribution in [1.29, 1.82) is 0 Å². The van der Waals surface area contributed by atoms with Crippen molar-refractivity contribution < 1.29 is 14.3 Å². The fourth-order valence-corrected chi connectivity index (χ4v) is 3.58. The Bertz CT molecular complexity index is 739. The third-order valence-electron chi connectivity index (χ3n) is 4.51. The lowest BCUT2D eigenvalue weighted by Crippen LogP contribution is -2.20. The molecule has 1 fully saturated rings. The molecule has 138 valence electrons. The van der Waals surface area contributed by atoms with Crippen LogP contribution in [0.2, 0.25) is 0 Å². The van der Waals surface area contributed by atoms with Crippen molar-refractivity contribution in [3.8, 4) is 11.5 Å². The van der Waals surface area contributed by atoms with Gasteiger partial charge in [0.25, 0.3) is 5.91 Å². The van der Waals surface area contributed by atoms with E-state index < -0.39 is 0 Å². The molecule has 2 aromatic rings. The van der Waals surface area contributed by atoms with Crippen LogP contribution < -0.4 is 14.8 Å². The Hall–Kier alpha value is -2.01. The van der Waals surface area contributed by atoms with Crippen molar-refractivity contribution in [2.75, 3.05) is 11.9 Å². The van der Waals surface area contributed by atoms with Gasteiger partial charge in [0.1, 0.15) is 11.5 Å². The van der Waals surface area contributed by atoms with E-state index in [2.05, 4.69) is 28.2 Å². The Labute approximate surface area is 163 Å². The maximum atomic E-state index is 12.1. The van der Waals surface area contributed by atoms with Gasteiger partial charge < -0.3 is 14.8 Å². The average molecular weight is 418 g/mol. The summed E-state index contributed by atoms with van der Waals surface area (Å²) in [5, 5.41) is 2.84. The second-order valence-corrected chi connectivity index (χ2v) is 7.36. The van der Waals surface area contributed by atoms with E-state index in [4.69, 9.17) is 9.47 Å². The molecule has 4 nitrogen and oxygen atoms in total. The molecule has 0 atom stereocenters. The molecule has 1 aliphatic carbocycles. The van der Waals surface area contributed by atoms with Crippen molar-refractivity contribution in [2.24, 2.45) is 0 Å². The highest BCUT2D eigenvalue weighted by atomic mass is 79.9. The predicted octanol–water partition coefficient (Wildman–Crippen LogP) is 5.35. The van der Waals surface area contributed by atoms with E-state index in [-0.39, 0.29) is 12.5 Å². The molecule has 0 aromatic heterocycles. The van der Waals surface area contributed by atoms with Crippen LogP contribution in [0.15, 0.2) is 46.9 Å². The quantitative estimate of drug-likeness (QED) is 0.660. The first kappa shape index (κ1) is 18.8. The van der Waals surface area contributed by atoms with Crippen molar-refractivity contribution in [3.63, 3.8) is 0 Å². The molecule has 0 heterocycles. The van der Waals surface area contributed by atoms with E-state index in [1.54, 1.807) is 0 Å². The number of anilines is 1. The number of carbonyl (C=O) groups is 1. The summed E-state index contributed by atoms with van der Waals surface area (Å²) in [5.41, 5.74) is 1.95. The van der Waals surface area contributed by atoms with Gasteiger partial charge >= 0.3 is 0 Å². The highest BCUT2D eigenvalue weighted by Crippen LogP contribution is 2.27. The van der Waals surface area contributed by atoms with Gasteiger partial charge in [-0.1, -0.05) is 13.0 Å². The van der Waals surface area contributed by atoms with Gasteiger partial charge in [-0.2, -0.15) is 0 Å². The van der Waals surface area contributed by atoms with Crippen LogP contribution in [-0.2, 0) is 11.2 Å². The first-order chi connectivity index (χ1) is 12.6. The van der Waals surface area contributed by atoms with Crippen LogP contribution in [0, 0.1) is 0 Å². The summed E-state index contributed by atoms with van der Waals surface area (Å²) in [6.45, 7) is 2.06. The molecule has 0 saturated heterocycles. The van der Waals surface area contributed by atoms with E-state index in [1.807, 2.05) is 42.5 Å². The van der Waals surface area contributed by atoms with Gasteiger partial charge in [0.15, 0.2) is 6.61 Å². The van der Waals surface area contributed by atoms with Gasteiger partial charge in [0, 0.05) is 5.69 Å². The number of aryl methyl sites for hydroxylation is 1. The second-order valence-electron chi connectivity index (χ2n) is 6.50. The van der Waals surface area contributed by atoms with E-state index in [0.717, 1.165) is 35.2 Å². The maximum Gasteiger partial charge on any atom is 0.262 e.